The fraction of sp³-hybridized carbons (Fsp3) is 0.483. The van der Waals surface area contributed by atoms with Crippen LogP contribution in [0.25, 0.3) is 11.0 Å². The zero-order chi connectivity index (χ0) is 27.7. The van der Waals surface area contributed by atoms with Crippen molar-refractivity contribution in [1.82, 2.24) is 19.8 Å². The predicted molar refractivity (Wildman–Crippen MR) is 171 cm³/mol. The van der Waals surface area contributed by atoms with Crippen molar-refractivity contribution < 1.29 is 9.59 Å². The van der Waals surface area contributed by atoms with Gasteiger partial charge in [-0.2, -0.15) is 0 Å². The van der Waals surface area contributed by atoms with Crippen LogP contribution < -0.4 is 21.7 Å². The van der Waals surface area contributed by atoms with Gasteiger partial charge in [0.2, 0.25) is 5.95 Å². The molecule has 1 aromatic heterocycles. The molecule has 0 fully saturated rings. The number of carbonyl (C=O) groups is 2. The third-order valence-corrected chi connectivity index (χ3v) is 6.45. The summed E-state index contributed by atoms with van der Waals surface area (Å²) in [6, 6.07) is 12.9. The molecule has 3 aromatic rings. The molecule has 11 heteroatoms. The van der Waals surface area contributed by atoms with Gasteiger partial charge in [-0.15, -0.1) is 24.8 Å². The largest absolute Gasteiger partial charge is 0.341 e. The van der Waals surface area contributed by atoms with Gasteiger partial charge in [0.15, 0.2) is 0 Å². The molecule has 222 valence electrons. The maximum absolute atomic E-state index is 13.6. The van der Waals surface area contributed by atoms with Gasteiger partial charge in [-0.05, 0) is 80.1 Å². The Bertz CT molecular complexity index is 1200. The number of nitrogens with zero attached hydrogens (tertiary/aromatic N) is 3. The molecule has 0 saturated carbocycles. The van der Waals surface area contributed by atoms with Crippen molar-refractivity contribution in [2.75, 3.05) is 37.3 Å². The second kappa shape index (κ2) is 16.9. The number of nitrogens with one attached hydrogen (secondary N) is 3. The summed E-state index contributed by atoms with van der Waals surface area (Å²) in [5.74, 6) is 1.81. The zero-order valence-corrected chi connectivity index (χ0v) is 25.8. The van der Waals surface area contributed by atoms with E-state index in [1.165, 1.54) is 0 Å². The summed E-state index contributed by atoms with van der Waals surface area (Å²) >= 11 is 0. The first-order valence-electron chi connectivity index (χ1n) is 13.6. The van der Waals surface area contributed by atoms with Crippen molar-refractivity contribution in [2.24, 2.45) is 17.6 Å². The van der Waals surface area contributed by atoms with Gasteiger partial charge < -0.3 is 31.2 Å². The van der Waals surface area contributed by atoms with Crippen LogP contribution in [0.5, 0.6) is 0 Å². The summed E-state index contributed by atoms with van der Waals surface area (Å²) in [4.78, 5) is 32.0. The van der Waals surface area contributed by atoms with Gasteiger partial charge in [-0.1, -0.05) is 27.7 Å². The Labute approximate surface area is 250 Å². The van der Waals surface area contributed by atoms with E-state index in [0.29, 0.717) is 42.1 Å². The number of fused-ring (bicyclic) bond motifs is 1. The molecular weight excluding hydrogens is 549 g/mol. The van der Waals surface area contributed by atoms with Gasteiger partial charge in [0.1, 0.15) is 0 Å². The number of rotatable bonds is 13. The second-order valence-corrected chi connectivity index (χ2v) is 10.5. The highest BCUT2D eigenvalue weighted by Gasteiger charge is 2.19. The number of imidazole rings is 1. The van der Waals surface area contributed by atoms with Crippen LogP contribution in [-0.2, 0) is 6.54 Å². The van der Waals surface area contributed by atoms with Crippen molar-refractivity contribution in [2.45, 2.75) is 53.5 Å². The Kier molecular flexibility index (Phi) is 14.8. The quantitative estimate of drug-likeness (QED) is 0.186. The van der Waals surface area contributed by atoms with Crippen molar-refractivity contribution in [3.05, 3.63) is 48.0 Å². The standard InChI is InChI=1S/C29H43N7O2.2ClH/c1-20(2)13-17-35(18-14-21(3)4)27(37)22-7-12-25-26(19-22)36(16-6-15-30)28(34-25)32-23-8-10-24(11-9-23)33-29(38)31-5;;/h7-12,19-21H,6,13-18,30H2,1-5H3,(H,32,34)(H2,31,33,38);2*1H. The molecule has 9 nitrogen and oxygen atoms in total. The minimum atomic E-state index is -0.272. The number of benzene rings is 2. The van der Waals surface area contributed by atoms with Gasteiger partial charge in [0.05, 0.1) is 11.0 Å². The molecule has 0 unspecified atom stereocenters. The van der Waals surface area contributed by atoms with Crippen LogP contribution in [0, 0.1) is 11.8 Å². The summed E-state index contributed by atoms with van der Waals surface area (Å²) < 4.78 is 2.09. The molecule has 2 aromatic carbocycles. The van der Waals surface area contributed by atoms with Crippen LogP contribution in [0.3, 0.4) is 0 Å². The Balaban J connectivity index is 0.00000400. The molecule has 1 heterocycles. The molecule has 0 aliphatic heterocycles. The SMILES string of the molecule is CNC(=O)Nc1ccc(Nc2nc3ccc(C(=O)N(CCC(C)C)CCC(C)C)cc3n2CCCN)cc1.Cl.Cl. The average molecular weight is 595 g/mol. The molecular formula is C29H45Cl2N7O2. The molecule has 0 bridgehead atoms. The maximum atomic E-state index is 13.6. The highest BCUT2D eigenvalue weighted by Crippen LogP contribution is 2.26. The first-order chi connectivity index (χ1) is 18.2. The monoisotopic (exact) mass is 593 g/mol. The van der Waals surface area contributed by atoms with E-state index in [1.807, 2.05) is 47.4 Å². The number of carbonyl (C=O) groups excluding carboxylic acids is 2. The lowest BCUT2D eigenvalue weighted by molar-refractivity contribution is 0.0741. The number of anilines is 3. The van der Waals surface area contributed by atoms with Crippen LogP contribution in [0.4, 0.5) is 22.1 Å². The average Bonchev–Trinajstić information content (AvgIpc) is 3.23. The highest BCUT2D eigenvalue weighted by molar-refractivity contribution is 5.98. The van der Waals surface area contributed by atoms with E-state index in [4.69, 9.17) is 10.7 Å². The number of hydrogen-bond acceptors (Lipinski definition) is 5. The van der Waals surface area contributed by atoms with Crippen molar-refractivity contribution in [3.63, 3.8) is 0 Å². The lowest BCUT2D eigenvalue weighted by Gasteiger charge is -2.24. The van der Waals surface area contributed by atoms with Crippen LogP contribution >= 0.6 is 24.8 Å². The fourth-order valence-corrected chi connectivity index (χ4v) is 4.11. The van der Waals surface area contributed by atoms with E-state index in [1.54, 1.807) is 7.05 Å². The molecule has 3 amide bonds. The lowest BCUT2D eigenvalue weighted by atomic mass is 10.1. The maximum Gasteiger partial charge on any atom is 0.318 e. The summed E-state index contributed by atoms with van der Waals surface area (Å²) in [6.07, 6.45) is 2.74. The molecule has 0 saturated heterocycles. The van der Waals surface area contributed by atoms with Gasteiger partial charge in [0.25, 0.3) is 5.91 Å². The van der Waals surface area contributed by atoms with Crippen LogP contribution in [0.2, 0.25) is 0 Å². The van der Waals surface area contributed by atoms with E-state index in [-0.39, 0.29) is 36.8 Å². The van der Waals surface area contributed by atoms with Gasteiger partial charge in [0, 0.05) is 43.6 Å². The molecule has 0 aliphatic rings. The number of hydrogen-bond donors (Lipinski definition) is 4. The van der Waals surface area contributed by atoms with Crippen molar-refractivity contribution >= 4 is 65.1 Å². The van der Waals surface area contributed by atoms with Crippen LogP contribution in [-0.4, -0.2) is 53.1 Å². The Morgan fingerprint density at radius 1 is 0.950 bits per heavy atom. The van der Waals surface area contributed by atoms with E-state index in [2.05, 4.69) is 48.2 Å². The van der Waals surface area contributed by atoms with E-state index < -0.39 is 0 Å². The lowest BCUT2D eigenvalue weighted by Crippen LogP contribution is -2.34. The van der Waals surface area contributed by atoms with E-state index >= 15 is 0 Å². The third-order valence-electron chi connectivity index (χ3n) is 6.45. The first kappa shape index (κ1) is 35.0. The van der Waals surface area contributed by atoms with Crippen molar-refractivity contribution in [3.8, 4) is 0 Å². The molecule has 0 aliphatic carbocycles. The number of urea groups is 1. The van der Waals surface area contributed by atoms with E-state index in [0.717, 1.165) is 49.1 Å². The predicted octanol–water partition coefficient (Wildman–Crippen LogP) is 6.26. The number of amides is 3. The summed E-state index contributed by atoms with van der Waals surface area (Å²) in [7, 11) is 1.57. The normalized spacial score (nSPS) is 10.7. The van der Waals surface area contributed by atoms with Gasteiger partial charge in [-0.25, -0.2) is 9.78 Å². The van der Waals surface area contributed by atoms with E-state index in [9.17, 15) is 9.59 Å². The minimum Gasteiger partial charge on any atom is -0.341 e. The molecule has 5 N–H and O–H groups in total. The molecule has 0 spiro atoms. The number of aryl methyl sites for hydroxylation is 1. The highest BCUT2D eigenvalue weighted by atomic mass is 35.5. The zero-order valence-electron chi connectivity index (χ0n) is 24.2. The summed E-state index contributed by atoms with van der Waals surface area (Å²) in [6.45, 7) is 11.5. The van der Waals surface area contributed by atoms with Gasteiger partial charge in [-0.3, -0.25) is 4.79 Å². The summed E-state index contributed by atoms with van der Waals surface area (Å²) in [5.41, 5.74) is 9.75. The topological polar surface area (TPSA) is 117 Å². The molecule has 3 rings (SSSR count). The Morgan fingerprint density at radius 3 is 2.10 bits per heavy atom. The minimum absolute atomic E-state index is 0. The van der Waals surface area contributed by atoms with Crippen LogP contribution in [0.1, 0.15) is 57.3 Å². The molecule has 0 radical (unpaired) electrons. The Hall–Kier alpha value is -3.01. The van der Waals surface area contributed by atoms with Gasteiger partial charge >= 0.3 is 6.03 Å². The molecule has 0 atom stereocenters. The summed E-state index contributed by atoms with van der Waals surface area (Å²) in [5, 5.41) is 8.68. The number of aromatic nitrogens is 2. The smallest absolute Gasteiger partial charge is 0.318 e. The first-order valence-corrected chi connectivity index (χ1v) is 13.6. The second-order valence-electron chi connectivity index (χ2n) is 10.5. The molecule has 40 heavy (non-hydrogen) atoms. The third kappa shape index (κ3) is 9.87. The van der Waals surface area contributed by atoms with Crippen LogP contribution in [0.15, 0.2) is 42.5 Å². The number of halogens is 2. The Morgan fingerprint density at radius 2 is 1.55 bits per heavy atom. The number of nitrogens with two attached hydrogens (primary N) is 1. The van der Waals surface area contributed by atoms with Crippen molar-refractivity contribution in [1.29, 1.82) is 0 Å². The fourth-order valence-electron chi connectivity index (χ4n) is 4.11.